The molecule has 0 amide bonds. The summed E-state index contributed by atoms with van der Waals surface area (Å²) in [6.45, 7) is 7.58. The minimum Gasteiger partial charge on any atom is -0.368 e. The Balaban J connectivity index is 2.22. The molecule has 4 nitrogen and oxygen atoms in total. The molecule has 0 aliphatic carbocycles. The van der Waals surface area contributed by atoms with Crippen LogP contribution in [0.1, 0.15) is 24.5 Å². The van der Waals surface area contributed by atoms with Crippen LogP contribution in [-0.4, -0.2) is 41.1 Å². The van der Waals surface area contributed by atoms with E-state index in [1.54, 1.807) is 0 Å². The summed E-state index contributed by atoms with van der Waals surface area (Å²) in [6, 6.07) is 0. The second-order valence-corrected chi connectivity index (χ2v) is 5.18. The van der Waals surface area contributed by atoms with E-state index in [0.717, 1.165) is 29.8 Å². The average molecular weight is 321 g/mol. The van der Waals surface area contributed by atoms with Gasteiger partial charge in [-0.2, -0.15) is 0 Å². The third-order valence-corrected chi connectivity index (χ3v) is 4.33. The lowest BCUT2D eigenvalue weighted by molar-refractivity contribution is -0.0326. The molecule has 6 heteroatoms. The Hall–Kier alpha value is -0.230. The van der Waals surface area contributed by atoms with E-state index < -0.39 is 0 Å². The van der Waals surface area contributed by atoms with Crippen molar-refractivity contribution in [3.8, 4) is 0 Å². The van der Waals surface area contributed by atoms with Crippen LogP contribution in [0.3, 0.4) is 0 Å². The smallest absolute Gasteiger partial charge is 0.160 e. The summed E-state index contributed by atoms with van der Waals surface area (Å²) < 4.78 is 6.46. The standard InChI is InChI=1S/C11H15BrClN3O/c1-3-16-4-5-17-8(6-16)11-14-7(2)9(12)10(13)15-11/h8H,3-6H2,1-2H3. The molecule has 0 spiro atoms. The van der Waals surface area contributed by atoms with Gasteiger partial charge >= 0.3 is 0 Å². The number of hydrogen-bond acceptors (Lipinski definition) is 4. The van der Waals surface area contributed by atoms with E-state index in [9.17, 15) is 0 Å². The highest BCUT2D eigenvalue weighted by molar-refractivity contribution is 9.10. The minimum atomic E-state index is -0.0759. The second kappa shape index (κ2) is 5.61. The highest BCUT2D eigenvalue weighted by Crippen LogP contribution is 2.26. The summed E-state index contributed by atoms with van der Waals surface area (Å²) in [5.41, 5.74) is 0.845. The molecule has 1 aromatic heterocycles. The molecule has 1 aliphatic rings. The summed E-state index contributed by atoms with van der Waals surface area (Å²) in [6.07, 6.45) is -0.0759. The number of ether oxygens (including phenoxy) is 1. The van der Waals surface area contributed by atoms with Crippen molar-refractivity contribution in [3.05, 3.63) is 21.1 Å². The zero-order valence-corrected chi connectivity index (χ0v) is 12.3. The highest BCUT2D eigenvalue weighted by atomic mass is 79.9. The van der Waals surface area contributed by atoms with Gasteiger partial charge in [0.2, 0.25) is 0 Å². The molecule has 1 aliphatic heterocycles. The van der Waals surface area contributed by atoms with Gasteiger partial charge in [0.25, 0.3) is 0 Å². The van der Waals surface area contributed by atoms with E-state index in [4.69, 9.17) is 16.3 Å². The summed E-state index contributed by atoms with van der Waals surface area (Å²) in [5, 5.41) is 0.449. The van der Waals surface area contributed by atoms with Crippen LogP contribution in [0.25, 0.3) is 0 Å². The number of nitrogens with zero attached hydrogens (tertiary/aromatic N) is 3. The number of morpholine rings is 1. The molecule has 94 valence electrons. The fraction of sp³-hybridized carbons (Fsp3) is 0.636. The Morgan fingerprint density at radius 1 is 1.53 bits per heavy atom. The first-order valence-corrected chi connectivity index (χ1v) is 6.82. The van der Waals surface area contributed by atoms with Crippen LogP contribution >= 0.6 is 27.5 Å². The predicted octanol–water partition coefficient (Wildman–Crippen LogP) is 2.59. The lowest BCUT2D eigenvalue weighted by Crippen LogP contribution is -2.38. The van der Waals surface area contributed by atoms with Crippen LogP contribution in [0.15, 0.2) is 4.47 Å². The maximum absolute atomic E-state index is 6.04. The van der Waals surface area contributed by atoms with Crippen molar-refractivity contribution >= 4 is 27.5 Å². The van der Waals surface area contributed by atoms with Gasteiger partial charge in [0, 0.05) is 13.1 Å². The molecule has 0 N–H and O–H groups in total. The number of aryl methyl sites for hydroxylation is 1. The molecular formula is C11H15BrClN3O. The summed E-state index contributed by atoms with van der Waals surface area (Å²) in [7, 11) is 0. The quantitative estimate of drug-likeness (QED) is 0.785. The van der Waals surface area contributed by atoms with Crippen molar-refractivity contribution in [1.29, 1.82) is 0 Å². The van der Waals surface area contributed by atoms with Gasteiger partial charge in [0.05, 0.1) is 16.8 Å². The first-order valence-electron chi connectivity index (χ1n) is 5.65. The van der Waals surface area contributed by atoms with Crippen LogP contribution in [0, 0.1) is 6.92 Å². The van der Waals surface area contributed by atoms with E-state index in [0.29, 0.717) is 17.6 Å². The van der Waals surface area contributed by atoms with Gasteiger partial charge in [-0.3, -0.25) is 4.90 Å². The van der Waals surface area contributed by atoms with Crippen molar-refractivity contribution in [3.63, 3.8) is 0 Å². The zero-order chi connectivity index (χ0) is 12.4. The maximum atomic E-state index is 6.04. The number of halogens is 2. The van der Waals surface area contributed by atoms with Crippen LogP contribution in [0.2, 0.25) is 5.15 Å². The molecule has 1 atom stereocenters. The number of likely N-dealkylation sites (N-methyl/N-ethyl adjacent to an activating group) is 1. The summed E-state index contributed by atoms with van der Waals surface area (Å²) >= 11 is 9.40. The molecule has 0 saturated carbocycles. The molecule has 1 fully saturated rings. The second-order valence-electron chi connectivity index (χ2n) is 4.02. The SMILES string of the molecule is CCN1CCOC(c2nc(C)c(Br)c(Cl)n2)C1. The van der Waals surface area contributed by atoms with Crippen molar-refractivity contribution in [2.75, 3.05) is 26.2 Å². The molecule has 2 rings (SSSR count). The summed E-state index contributed by atoms with van der Waals surface area (Å²) in [4.78, 5) is 11.0. The first kappa shape index (κ1) is 13.2. The van der Waals surface area contributed by atoms with Gasteiger partial charge in [-0.15, -0.1) is 0 Å². The van der Waals surface area contributed by atoms with E-state index in [-0.39, 0.29) is 6.10 Å². The summed E-state index contributed by atoms with van der Waals surface area (Å²) in [5.74, 6) is 0.675. The number of rotatable bonds is 2. The molecule has 2 heterocycles. The van der Waals surface area contributed by atoms with Gasteiger partial charge in [-0.25, -0.2) is 9.97 Å². The van der Waals surface area contributed by atoms with E-state index in [2.05, 4.69) is 37.7 Å². The zero-order valence-electron chi connectivity index (χ0n) is 9.91. The molecule has 17 heavy (non-hydrogen) atoms. The Kier molecular flexibility index (Phi) is 4.36. The van der Waals surface area contributed by atoms with Crippen LogP contribution in [0.5, 0.6) is 0 Å². The molecule has 0 bridgehead atoms. The predicted molar refractivity (Wildman–Crippen MR) is 70.3 cm³/mol. The third kappa shape index (κ3) is 2.96. The minimum absolute atomic E-state index is 0.0759. The van der Waals surface area contributed by atoms with Gasteiger partial charge in [-0.1, -0.05) is 18.5 Å². The fourth-order valence-electron chi connectivity index (χ4n) is 1.83. The largest absolute Gasteiger partial charge is 0.368 e. The van der Waals surface area contributed by atoms with E-state index >= 15 is 0 Å². The van der Waals surface area contributed by atoms with Gasteiger partial charge < -0.3 is 4.74 Å². The molecule has 0 radical (unpaired) electrons. The van der Waals surface area contributed by atoms with Crippen molar-refractivity contribution in [2.24, 2.45) is 0 Å². The maximum Gasteiger partial charge on any atom is 0.160 e. The molecule has 1 aromatic rings. The van der Waals surface area contributed by atoms with Gasteiger partial charge in [-0.05, 0) is 29.4 Å². The Labute approximate surface area is 114 Å². The average Bonchev–Trinajstić information content (AvgIpc) is 2.35. The van der Waals surface area contributed by atoms with Gasteiger partial charge in [0.15, 0.2) is 5.82 Å². The third-order valence-electron chi connectivity index (χ3n) is 2.88. The Morgan fingerprint density at radius 2 is 2.29 bits per heavy atom. The molecular weight excluding hydrogens is 305 g/mol. The van der Waals surface area contributed by atoms with Crippen LogP contribution in [0.4, 0.5) is 0 Å². The topological polar surface area (TPSA) is 38.2 Å². The van der Waals surface area contributed by atoms with Crippen molar-refractivity contribution in [2.45, 2.75) is 20.0 Å². The van der Waals surface area contributed by atoms with E-state index in [1.807, 2.05) is 6.92 Å². The Morgan fingerprint density at radius 3 is 2.94 bits per heavy atom. The van der Waals surface area contributed by atoms with Crippen molar-refractivity contribution in [1.82, 2.24) is 14.9 Å². The Bertz CT molecular complexity index is 393. The molecule has 0 aromatic carbocycles. The number of hydrogen-bond donors (Lipinski definition) is 0. The number of aromatic nitrogens is 2. The normalized spacial score (nSPS) is 21.8. The molecule has 1 saturated heterocycles. The monoisotopic (exact) mass is 319 g/mol. The van der Waals surface area contributed by atoms with Crippen LogP contribution in [-0.2, 0) is 4.74 Å². The fourth-order valence-corrected chi connectivity index (χ4v) is 2.24. The van der Waals surface area contributed by atoms with Crippen LogP contribution < -0.4 is 0 Å². The van der Waals surface area contributed by atoms with E-state index in [1.165, 1.54) is 0 Å². The lowest BCUT2D eigenvalue weighted by Gasteiger charge is -2.31. The first-order chi connectivity index (χ1) is 8.11. The highest BCUT2D eigenvalue weighted by Gasteiger charge is 2.24. The molecule has 1 unspecified atom stereocenters. The van der Waals surface area contributed by atoms with Crippen molar-refractivity contribution < 1.29 is 4.74 Å². The van der Waals surface area contributed by atoms with Gasteiger partial charge in [0.1, 0.15) is 11.3 Å². The lowest BCUT2D eigenvalue weighted by atomic mass is 10.2.